The smallest absolute Gasteiger partial charge is 0.304 e. The Hall–Kier alpha value is -3.51. The van der Waals surface area contributed by atoms with Gasteiger partial charge in [-0.3, -0.25) is 4.79 Å². The van der Waals surface area contributed by atoms with Gasteiger partial charge in [0.25, 0.3) is 0 Å². The van der Waals surface area contributed by atoms with E-state index in [0.717, 1.165) is 49.5 Å². The molecule has 214 valence electrons. The predicted molar refractivity (Wildman–Crippen MR) is 168 cm³/mol. The summed E-state index contributed by atoms with van der Waals surface area (Å²) in [6.07, 6.45) is 3.71. The third kappa shape index (κ3) is 7.82. The highest BCUT2D eigenvalue weighted by Crippen LogP contribution is 2.37. The van der Waals surface area contributed by atoms with Crippen molar-refractivity contribution in [2.45, 2.75) is 45.6 Å². The number of rotatable bonds is 10. The zero-order chi connectivity index (χ0) is 27.9. The van der Waals surface area contributed by atoms with E-state index in [9.17, 15) is 4.79 Å². The van der Waals surface area contributed by atoms with Crippen LogP contribution in [0.3, 0.4) is 0 Å². The first-order valence-corrected chi connectivity index (χ1v) is 14.4. The Labute approximate surface area is 252 Å². The number of carboxylic acid groups (broad SMARTS) is 1. The number of aryl methyl sites for hydroxylation is 1. The number of aliphatic carboxylic acids is 1. The number of carboxylic acids is 1. The van der Waals surface area contributed by atoms with Crippen LogP contribution >= 0.6 is 24.8 Å². The molecule has 4 aromatic rings. The van der Waals surface area contributed by atoms with Crippen molar-refractivity contribution in [2.24, 2.45) is 5.92 Å². The summed E-state index contributed by atoms with van der Waals surface area (Å²) < 4.78 is 18.8. The van der Waals surface area contributed by atoms with Crippen LogP contribution < -0.4 is 9.47 Å². The van der Waals surface area contributed by atoms with Gasteiger partial charge in [-0.25, -0.2) is 4.98 Å². The van der Waals surface area contributed by atoms with Gasteiger partial charge in [0.15, 0.2) is 0 Å². The van der Waals surface area contributed by atoms with Gasteiger partial charge in [-0.2, -0.15) is 13.5 Å². The van der Waals surface area contributed by atoms with E-state index in [1.54, 1.807) is 30.5 Å². The lowest BCUT2D eigenvalue weighted by Gasteiger charge is -2.22. The van der Waals surface area contributed by atoms with E-state index in [4.69, 9.17) is 19.3 Å². The molecule has 0 bridgehead atoms. The summed E-state index contributed by atoms with van der Waals surface area (Å²) in [7, 11) is 0. The molecule has 0 aliphatic carbocycles. The minimum atomic E-state index is -0.888. The monoisotopic (exact) mass is 589 g/mol. The number of aromatic nitrogens is 1. The lowest BCUT2D eigenvalue weighted by Crippen LogP contribution is -2.21. The lowest BCUT2D eigenvalue weighted by atomic mass is 9.98. The number of carbonyl (C=O) groups is 1. The number of hydrogen-bond donors (Lipinski definition) is 1. The minimum absolute atomic E-state index is 0. The van der Waals surface area contributed by atoms with Crippen LogP contribution in [0.2, 0.25) is 0 Å². The van der Waals surface area contributed by atoms with Gasteiger partial charge < -0.3 is 19.3 Å². The maximum absolute atomic E-state index is 11.2. The Morgan fingerprint density at radius 3 is 2.66 bits per heavy atom. The zero-order valence-electron chi connectivity index (χ0n) is 23.3. The van der Waals surface area contributed by atoms with E-state index in [2.05, 4.69) is 65.5 Å². The van der Waals surface area contributed by atoms with E-state index in [-0.39, 0.29) is 25.8 Å². The zero-order valence-corrected chi connectivity index (χ0v) is 25.1. The second-order valence-corrected chi connectivity index (χ2v) is 11.0. The molecule has 6 nitrogen and oxygen atoms in total. The predicted octanol–water partition coefficient (Wildman–Crippen LogP) is 7.35. The van der Waals surface area contributed by atoms with Crippen molar-refractivity contribution >= 4 is 40.9 Å². The molecular formula is C33H35NO5S2. The summed E-state index contributed by atoms with van der Waals surface area (Å²) in [6.45, 7) is 6.61. The molecule has 8 heteroatoms. The summed E-state index contributed by atoms with van der Waals surface area (Å²) in [4.78, 5) is 15.6. The van der Waals surface area contributed by atoms with E-state index in [0.29, 0.717) is 18.4 Å². The van der Waals surface area contributed by atoms with Crippen LogP contribution in [0.25, 0.3) is 21.2 Å². The standard InChI is InChI=1S/C33H33NO5S.H2S/c1-3-4-25(17-33(35)36)26-6-10-32(34-18-26)39-20-24-5-9-31-29(16-24)30(21-40-31)28-8-7-27(15-22(28)2)38-19-23-11-13-37-14-12-23;/h5-10,15-16,18,21,23,25H,11-14,17,19-20H2,1-2H3,(H,35,36);1H2/t25-;/m1./s1. The van der Waals surface area contributed by atoms with E-state index < -0.39 is 5.97 Å². The van der Waals surface area contributed by atoms with Gasteiger partial charge in [0.05, 0.1) is 18.9 Å². The second-order valence-electron chi connectivity index (χ2n) is 10.1. The number of benzene rings is 2. The summed E-state index contributed by atoms with van der Waals surface area (Å²) in [5.74, 6) is 6.43. The molecule has 1 aliphatic rings. The maximum atomic E-state index is 11.2. The van der Waals surface area contributed by atoms with Crippen molar-refractivity contribution in [3.8, 4) is 34.6 Å². The highest BCUT2D eigenvalue weighted by atomic mass is 32.1. The number of nitrogens with zero attached hydrogens (tertiary/aromatic N) is 1. The molecule has 0 saturated carbocycles. The van der Waals surface area contributed by atoms with Crippen LogP contribution in [0.5, 0.6) is 11.6 Å². The van der Waals surface area contributed by atoms with Crippen molar-refractivity contribution in [2.75, 3.05) is 19.8 Å². The number of pyridine rings is 1. The fraction of sp³-hybridized carbons (Fsp3) is 0.333. The molecule has 5 rings (SSSR count). The van der Waals surface area contributed by atoms with E-state index in [1.807, 2.05) is 6.07 Å². The van der Waals surface area contributed by atoms with Gasteiger partial charge in [-0.15, -0.1) is 17.3 Å². The van der Waals surface area contributed by atoms with Crippen LogP contribution in [0.15, 0.2) is 60.1 Å². The lowest BCUT2D eigenvalue weighted by molar-refractivity contribution is -0.137. The second kappa shape index (κ2) is 14.4. The molecule has 1 N–H and O–H groups in total. The molecule has 3 heterocycles. The van der Waals surface area contributed by atoms with Crippen LogP contribution in [0.1, 0.15) is 48.8 Å². The molecule has 1 fully saturated rings. The number of ether oxygens (including phenoxy) is 3. The summed E-state index contributed by atoms with van der Waals surface area (Å²) >= 11 is 1.74. The molecule has 41 heavy (non-hydrogen) atoms. The Balaban J connectivity index is 0.00000387. The van der Waals surface area contributed by atoms with Crippen LogP contribution in [-0.4, -0.2) is 35.9 Å². The van der Waals surface area contributed by atoms with E-state index >= 15 is 0 Å². The molecule has 1 saturated heterocycles. The Kier molecular flexibility index (Phi) is 10.7. The van der Waals surface area contributed by atoms with Gasteiger partial charge >= 0.3 is 5.97 Å². The maximum Gasteiger partial charge on any atom is 0.304 e. The molecular weight excluding hydrogens is 554 g/mol. The number of thiophene rings is 1. The largest absolute Gasteiger partial charge is 0.493 e. The van der Waals surface area contributed by atoms with Crippen molar-refractivity contribution in [3.63, 3.8) is 0 Å². The van der Waals surface area contributed by atoms with Crippen molar-refractivity contribution in [1.82, 2.24) is 4.98 Å². The molecule has 1 aliphatic heterocycles. The first-order valence-electron chi connectivity index (χ1n) is 13.5. The summed E-state index contributed by atoms with van der Waals surface area (Å²) in [6, 6.07) is 16.4. The summed E-state index contributed by atoms with van der Waals surface area (Å²) in [5.41, 5.74) is 5.41. The molecule has 0 unspecified atom stereocenters. The quantitative estimate of drug-likeness (QED) is 0.195. The average Bonchev–Trinajstić information content (AvgIpc) is 3.38. The molecule has 1 atom stereocenters. The highest BCUT2D eigenvalue weighted by Gasteiger charge is 2.16. The number of fused-ring (bicyclic) bond motifs is 1. The topological polar surface area (TPSA) is 77.9 Å². The number of hydrogen-bond acceptors (Lipinski definition) is 6. The Bertz CT molecular complexity index is 1530. The summed E-state index contributed by atoms with van der Waals surface area (Å²) in [5, 5.41) is 12.6. The SMILES string of the molecule is CC#C[C@H](CC(=O)O)c1ccc(OCc2ccc3scc(-c4ccc(OCC5CCOCC5)cc4C)c3c2)nc1.S. The fourth-order valence-electron chi connectivity index (χ4n) is 4.97. The molecule has 2 aromatic heterocycles. The highest BCUT2D eigenvalue weighted by molar-refractivity contribution is 7.59. The fourth-order valence-corrected chi connectivity index (χ4v) is 5.91. The third-order valence-corrected chi connectivity index (χ3v) is 8.16. The van der Waals surface area contributed by atoms with E-state index in [1.165, 1.54) is 26.8 Å². The van der Waals surface area contributed by atoms with Crippen LogP contribution in [0.4, 0.5) is 0 Å². The van der Waals surface area contributed by atoms with Gasteiger partial charge in [0, 0.05) is 41.1 Å². The van der Waals surface area contributed by atoms with Gasteiger partial charge in [-0.1, -0.05) is 24.1 Å². The molecule has 0 amide bonds. The van der Waals surface area contributed by atoms with Gasteiger partial charge in [0.1, 0.15) is 12.4 Å². The third-order valence-electron chi connectivity index (χ3n) is 7.20. The first kappa shape index (κ1) is 30.4. The minimum Gasteiger partial charge on any atom is -0.493 e. The average molecular weight is 590 g/mol. The van der Waals surface area contributed by atoms with Gasteiger partial charge in [0.2, 0.25) is 5.88 Å². The normalized spacial score (nSPS) is 14.0. The Morgan fingerprint density at radius 2 is 1.95 bits per heavy atom. The molecule has 0 radical (unpaired) electrons. The molecule has 0 spiro atoms. The van der Waals surface area contributed by atoms with Crippen LogP contribution in [0, 0.1) is 24.7 Å². The van der Waals surface area contributed by atoms with Crippen molar-refractivity contribution < 1.29 is 24.1 Å². The Morgan fingerprint density at radius 1 is 1.12 bits per heavy atom. The first-order chi connectivity index (χ1) is 19.5. The van der Waals surface area contributed by atoms with Crippen molar-refractivity contribution in [1.29, 1.82) is 0 Å². The van der Waals surface area contributed by atoms with Crippen molar-refractivity contribution in [3.05, 3.63) is 76.8 Å². The van der Waals surface area contributed by atoms with Gasteiger partial charge in [-0.05, 0) is 84.5 Å². The molecule has 2 aromatic carbocycles. The van der Waals surface area contributed by atoms with Crippen LogP contribution in [-0.2, 0) is 16.1 Å².